The van der Waals surface area contributed by atoms with Crippen LogP contribution in [0.15, 0.2) is 29.4 Å². The number of aromatic amines is 1. The van der Waals surface area contributed by atoms with Crippen molar-refractivity contribution in [2.75, 3.05) is 23.7 Å². The summed E-state index contributed by atoms with van der Waals surface area (Å²) in [5.74, 6) is -0.587. The van der Waals surface area contributed by atoms with Crippen LogP contribution in [-0.4, -0.2) is 25.2 Å². The molecule has 1 heterocycles. The highest BCUT2D eigenvalue weighted by Crippen LogP contribution is 2.31. The Balaban J connectivity index is 2.08. The number of amides is 1. The average molecular weight is 416 g/mol. The van der Waals surface area contributed by atoms with E-state index >= 15 is 0 Å². The van der Waals surface area contributed by atoms with Crippen molar-refractivity contribution in [1.29, 1.82) is 0 Å². The number of nitrogens with one attached hydrogen (secondary N) is 2. The molecule has 138 valence electrons. The number of nitrogens with zero attached hydrogens (tertiary/aromatic N) is 2. The number of hydrogen-bond donors (Lipinski definition) is 2. The first-order valence-electron chi connectivity index (χ1n) is 7.92. The fraction of sp³-hybridized carbons (Fsp3) is 0.235. The molecule has 0 bridgehead atoms. The average Bonchev–Trinajstić information content (AvgIpc) is 2.65. The van der Waals surface area contributed by atoms with Crippen LogP contribution in [0.25, 0.3) is 0 Å². The van der Waals surface area contributed by atoms with Gasteiger partial charge in [0.05, 0.1) is 11.9 Å². The lowest BCUT2D eigenvalue weighted by Gasteiger charge is -2.20. The number of hydrogen-bond acceptors (Lipinski definition) is 4. The van der Waals surface area contributed by atoms with Gasteiger partial charge in [0.2, 0.25) is 0 Å². The SMILES string of the molecule is CCN(CC)c1ccc(/C=N/NC(=O)c2[nH+]c(Cl)c(Cl)c(N)c2Cl)cc1. The summed E-state index contributed by atoms with van der Waals surface area (Å²) in [6.45, 7) is 6.08. The van der Waals surface area contributed by atoms with Gasteiger partial charge < -0.3 is 10.6 Å². The van der Waals surface area contributed by atoms with E-state index in [1.54, 1.807) is 0 Å². The fourth-order valence-electron chi connectivity index (χ4n) is 2.31. The van der Waals surface area contributed by atoms with Crippen molar-refractivity contribution in [2.24, 2.45) is 5.10 Å². The molecule has 1 aromatic heterocycles. The predicted molar refractivity (Wildman–Crippen MR) is 108 cm³/mol. The molecule has 0 aliphatic heterocycles. The molecule has 1 aromatic carbocycles. The van der Waals surface area contributed by atoms with Crippen molar-refractivity contribution in [3.05, 3.63) is 50.7 Å². The summed E-state index contributed by atoms with van der Waals surface area (Å²) >= 11 is 17.8. The van der Waals surface area contributed by atoms with Crippen LogP contribution in [0.2, 0.25) is 15.2 Å². The van der Waals surface area contributed by atoms with Gasteiger partial charge in [-0.1, -0.05) is 35.3 Å². The first-order valence-corrected chi connectivity index (χ1v) is 9.06. The van der Waals surface area contributed by atoms with Crippen LogP contribution < -0.4 is 21.0 Å². The summed E-state index contributed by atoms with van der Waals surface area (Å²) in [6.07, 6.45) is 1.53. The number of nitrogen functional groups attached to an aromatic ring is 1. The van der Waals surface area contributed by atoms with Gasteiger partial charge in [0.1, 0.15) is 10.0 Å². The van der Waals surface area contributed by atoms with E-state index in [1.165, 1.54) is 6.21 Å². The summed E-state index contributed by atoms with van der Waals surface area (Å²) in [4.78, 5) is 17.0. The lowest BCUT2D eigenvalue weighted by molar-refractivity contribution is -0.379. The molecule has 4 N–H and O–H groups in total. The summed E-state index contributed by atoms with van der Waals surface area (Å²) in [5, 5.41) is 3.99. The van der Waals surface area contributed by atoms with Crippen LogP contribution in [0.3, 0.4) is 0 Å². The minimum Gasteiger partial charge on any atom is -0.396 e. The van der Waals surface area contributed by atoms with Gasteiger partial charge in [-0.3, -0.25) is 4.79 Å². The fourth-order valence-corrected chi connectivity index (χ4v) is 2.92. The van der Waals surface area contributed by atoms with Gasteiger partial charge in [-0.2, -0.15) is 10.1 Å². The molecule has 0 aliphatic carbocycles. The van der Waals surface area contributed by atoms with Gasteiger partial charge in [0.15, 0.2) is 0 Å². The molecule has 0 fully saturated rings. The predicted octanol–water partition coefficient (Wildman–Crippen LogP) is 3.65. The minimum absolute atomic E-state index is 0.0179. The molecule has 2 rings (SSSR count). The molecular weight excluding hydrogens is 397 g/mol. The molecule has 0 saturated heterocycles. The number of nitrogens with two attached hydrogens (primary N) is 1. The third-order valence-electron chi connectivity index (χ3n) is 3.75. The number of rotatable bonds is 6. The topological polar surface area (TPSA) is 84.9 Å². The Kier molecular flexibility index (Phi) is 7.08. The third kappa shape index (κ3) is 4.58. The second-order valence-electron chi connectivity index (χ2n) is 5.32. The lowest BCUT2D eigenvalue weighted by Crippen LogP contribution is -2.28. The van der Waals surface area contributed by atoms with Gasteiger partial charge in [-0.25, -0.2) is 5.43 Å². The highest BCUT2D eigenvalue weighted by atomic mass is 35.5. The molecule has 6 nitrogen and oxygen atoms in total. The zero-order chi connectivity index (χ0) is 19.3. The van der Waals surface area contributed by atoms with E-state index in [-0.39, 0.29) is 26.6 Å². The third-order valence-corrected chi connectivity index (χ3v) is 4.91. The largest absolute Gasteiger partial charge is 0.396 e. The Morgan fingerprint density at radius 2 is 1.81 bits per heavy atom. The first kappa shape index (κ1) is 20.3. The van der Waals surface area contributed by atoms with Gasteiger partial charge >= 0.3 is 5.91 Å². The molecule has 0 saturated carbocycles. The van der Waals surface area contributed by atoms with Crippen LogP contribution in [0.1, 0.15) is 29.9 Å². The number of carbonyl (C=O) groups is 1. The summed E-state index contributed by atoms with van der Waals surface area (Å²) in [5.41, 5.74) is 10.1. The van der Waals surface area contributed by atoms with E-state index in [0.29, 0.717) is 0 Å². The number of anilines is 2. The molecule has 1 amide bonds. The number of carbonyl (C=O) groups excluding carboxylic acids is 1. The van der Waals surface area contributed by atoms with Crippen molar-refractivity contribution in [1.82, 2.24) is 5.43 Å². The van der Waals surface area contributed by atoms with Gasteiger partial charge in [-0.15, -0.1) is 0 Å². The maximum Gasteiger partial charge on any atom is 0.337 e. The number of aromatic nitrogens is 1. The van der Waals surface area contributed by atoms with E-state index in [4.69, 9.17) is 40.5 Å². The number of H-pyrrole nitrogens is 1. The summed E-state index contributed by atoms with van der Waals surface area (Å²) in [6, 6.07) is 7.83. The van der Waals surface area contributed by atoms with Crippen LogP contribution in [0.4, 0.5) is 11.4 Å². The molecule has 9 heteroatoms. The second kappa shape index (κ2) is 9.07. The molecule has 26 heavy (non-hydrogen) atoms. The van der Waals surface area contributed by atoms with Crippen molar-refractivity contribution >= 4 is 58.3 Å². The molecule has 0 atom stereocenters. The number of hydrazone groups is 1. The van der Waals surface area contributed by atoms with Crippen molar-refractivity contribution in [3.63, 3.8) is 0 Å². The molecule has 2 aromatic rings. The molecule has 0 radical (unpaired) electrons. The van der Waals surface area contributed by atoms with Gasteiger partial charge in [-0.05, 0) is 43.1 Å². The molecule has 0 aliphatic rings. The van der Waals surface area contributed by atoms with Crippen LogP contribution in [0, 0.1) is 0 Å². The van der Waals surface area contributed by atoms with E-state index < -0.39 is 5.91 Å². The first-order chi connectivity index (χ1) is 12.4. The molecule has 0 spiro atoms. The Hall–Kier alpha value is -2.02. The number of halogens is 3. The van der Waals surface area contributed by atoms with Crippen molar-refractivity contribution < 1.29 is 9.78 Å². The maximum atomic E-state index is 12.2. The zero-order valence-electron chi connectivity index (χ0n) is 14.3. The Morgan fingerprint density at radius 1 is 1.19 bits per heavy atom. The quantitative estimate of drug-likeness (QED) is 0.429. The molecule has 0 unspecified atom stereocenters. The van der Waals surface area contributed by atoms with E-state index in [0.717, 1.165) is 24.3 Å². The number of pyridine rings is 1. The Labute approximate surface area is 166 Å². The monoisotopic (exact) mass is 414 g/mol. The molecular formula is C17H19Cl3N5O+. The van der Waals surface area contributed by atoms with Gasteiger partial charge in [0, 0.05) is 18.8 Å². The normalized spacial score (nSPS) is 11.0. The van der Waals surface area contributed by atoms with Crippen LogP contribution >= 0.6 is 34.8 Å². The second-order valence-corrected chi connectivity index (χ2v) is 6.45. The lowest BCUT2D eigenvalue weighted by atomic mass is 10.2. The maximum absolute atomic E-state index is 12.2. The van der Waals surface area contributed by atoms with Crippen LogP contribution in [0.5, 0.6) is 0 Å². The van der Waals surface area contributed by atoms with E-state index in [1.807, 2.05) is 24.3 Å². The summed E-state index contributed by atoms with van der Waals surface area (Å²) < 4.78 is 0. The minimum atomic E-state index is -0.587. The highest BCUT2D eigenvalue weighted by Gasteiger charge is 2.25. The smallest absolute Gasteiger partial charge is 0.337 e. The summed E-state index contributed by atoms with van der Waals surface area (Å²) in [7, 11) is 0. The number of benzene rings is 1. The van der Waals surface area contributed by atoms with E-state index in [9.17, 15) is 4.79 Å². The highest BCUT2D eigenvalue weighted by molar-refractivity contribution is 6.45. The zero-order valence-corrected chi connectivity index (χ0v) is 16.6. The van der Waals surface area contributed by atoms with Crippen LogP contribution in [-0.2, 0) is 0 Å². The Bertz CT molecular complexity index is 820. The van der Waals surface area contributed by atoms with Crippen molar-refractivity contribution in [3.8, 4) is 0 Å². The van der Waals surface area contributed by atoms with Crippen molar-refractivity contribution in [2.45, 2.75) is 13.8 Å². The Morgan fingerprint density at radius 3 is 2.38 bits per heavy atom. The van der Waals surface area contributed by atoms with Gasteiger partial charge in [0.25, 0.3) is 10.8 Å². The van der Waals surface area contributed by atoms with E-state index in [2.05, 4.69) is 34.3 Å². The standard InChI is InChI=1S/C17H18Cl3N5O/c1-3-25(4-2)11-7-5-10(6-8-11)9-22-24-17(26)15-12(18)14(21)13(19)16(20)23-15/h5-9H,3-4H2,1-2H3,(H2,21,23)(H,24,26)/p+1/b22-9+.